The van der Waals surface area contributed by atoms with Gasteiger partial charge in [0.2, 0.25) is 5.89 Å². The van der Waals surface area contributed by atoms with E-state index in [9.17, 15) is 0 Å². The number of halogens is 3. The second kappa shape index (κ2) is 8.41. The van der Waals surface area contributed by atoms with Gasteiger partial charge in [0.15, 0.2) is 0 Å². The van der Waals surface area contributed by atoms with Gasteiger partial charge in [-0.1, -0.05) is 41.0 Å². The Kier molecular flexibility index (Phi) is 6.84. The average Bonchev–Trinajstić information content (AvgIpc) is 2.98. The van der Waals surface area contributed by atoms with Crippen LogP contribution in [-0.4, -0.2) is 23.3 Å². The first-order valence-corrected chi connectivity index (χ1v) is 8.57. The van der Waals surface area contributed by atoms with Gasteiger partial charge >= 0.3 is 0 Å². The van der Waals surface area contributed by atoms with E-state index in [-0.39, 0.29) is 12.4 Å². The maximum Gasteiger partial charge on any atom is 0.276 e. The van der Waals surface area contributed by atoms with Crippen molar-refractivity contribution in [2.45, 2.75) is 29.7 Å². The number of hydrogen-bond acceptors (Lipinski definition) is 5. The number of benzene rings is 1. The highest BCUT2D eigenvalue weighted by Gasteiger charge is 2.21. The Bertz CT molecular complexity index is 617. The van der Waals surface area contributed by atoms with Crippen molar-refractivity contribution in [1.82, 2.24) is 15.5 Å². The zero-order valence-electron chi connectivity index (χ0n) is 11.7. The summed E-state index contributed by atoms with van der Waals surface area (Å²) >= 11 is 13.4. The molecule has 0 spiro atoms. The third-order valence-electron chi connectivity index (χ3n) is 3.46. The lowest BCUT2D eigenvalue weighted by Gasteiger charge is -2.18. The van der Waals surface area contributed by atoms with Crippen LogP contribution >= 0.6 is 47.4 Å². The smallest absolute Gasteiger partial charge is 0.276 e. The molecule has 1 fully saturated rings. The number of thioether (sulfide) groups is 1. The van der Waals surface area contributed by atoms with Gasteiger partial charge in [-0.25, -0.2) is 0 Å². The van der Waals surface area contributed by atoms with E-state index < -0.39 is 0 Å². The molecule has 8 heteroatoms. The topological polar surface area (TPSA) is 51.0 Å². The minimum atomic E-state index is 0. The van der Waals surface area contributed by atoms with Gasteiger partial charge in [0.25, 0.3) is 5.22 Å². The Labute approximate surface area is 149 Å². The maximum atomic E-state index is 6.00. The number of piperidine rings is 1. The molecule has 0 unspecified atom stereocenters. The largest absolute Gasteiger partial charge is 0.416 e. The standard InChI is InChI=1S/C14H15Cl2N3OS.ClH/c15-11-2-1-9(7-12(11)16)8-21-14-19-18-13(20-14)10-3-5-17-6-4-10;/h1-2,7,10,17H,3-6,8H2;1H. The summed E-state index contributed by atoms with van der Waals surface area (Å²) < 4.78 is 5.75. The van der Waals surface area contributed by atoms with Gasteiger partial charge in [-0.15, -0.1) is 22.6 Å². The molecule has 4 nitrogen and oxygen atoms in total. The van der Waals surface area contributed by atoms with Crippen molar-refractivity contribution in [1.29, 1.82) is 0 Å². The van der Waals surface area contributed by atoms with Crippen LogP contribution in [0, 0.1) is 0 Å². The fraction of sp³-hybridized carbons (Fsp3) is 0.429. The van der Waals surface area contributed by atoms with Crippen LogP contribution in [0.5, 0.6) is 0 Å². The third kappa shape index (κ3) is 4.52. The van der Waals surface area contributed by atoms with E-state index in [1.807, 2.05) is 12.1 Å². The van der Waals surface area contributed by atoms with Crippen molar-refractivity contribution in [3.63, 3.8) is 0 Å². The molecule has 0 aliphatic carbocycles. The highest BCUT2D eigenvalue weighted by Crippen LogP contribution is 2.29. The lowest BCUT2D eigenvalue weighted by molar-refractivity contribution is 0.342. The van der Waals surface area contributed by atoms with Gasteiger partial charge in [-0.3, -0.25) is 0 Å². The van der Waals surface area contributed by atoms with Gasteiger partial charge in [-0.2, -0.15) is 0 Å². The van der Waals surface area contributed by atoms with Gasteiger partial charge < -0.3 is 9.73 Å². The van der Waals surface area contributed by atoms with Gasteiger partial charge in [-0.05, 0) is 43.6 Å². The van der Waals surface area contributed by atoms with Crippen molar-refractivity contribution >= 4 is 47.4 Å². The lowest BCUT2D eigenvalue weighted by atomic mass is 9.98. The van der Waals surface area contributed by atoms with Crippen LogP contribution in [0.4, 0.5) is 0 Å². The van der Waals surface area contributed by atoms with Crippen molar-refractivity contribution in [2.75, 3.05) is 13.1 Å². The number of nitrogens with one attached hydrogen (secondary N) is 1. The normalized spacial score (nSPS) is 15.5. The summed E-state index contributed by atoms with van der Waals surface area (Å²) in [7, 11) is 0. The molecular formula is C14H16Cl3N3OS. The average molecular weight is 381 g/mol. The molecule has 1 saturated heterocycles. The molecule has 0 bridgehead atoms. The molecule has 1 aliphatic heterocycles. The van der Waals surface area contributed by atoms with Gasteiger partial charge in [0, 0.05) is 11.7 Å². The second-order valence-electron chi connectivity index (χ2n) is 4.97. The van der Waals surface area contributed by atoms with Crippen LogP contribution in [0.1, 0.15) is 30.2 Å². The van der Waals surface area contributed by atoms with Crippen LogP contribution in [0.2, 0.25) is 10.0 Å². The van der Waals surface area contributed by atoms with Crippen molar-refractivity contribution in [3.05, 3.63) is 39.7 Å². The van der Waals surface area contributed by atoms with Gasteiger partial charge in [0.1, 0.15) is 0 Å². The van der Waals surface area contributed by atoms with E-state index in [1.165, 1.54) is 11.8 Å². The minimum Gasteiger partial charge on any atom is -0.416 e. The van der Waals surface area contributed by atoms with E-state index in [2.05, 4.69) is 15.5 Å². The minimum absolute atomic E-state index is 0. The number of nitrogens with zero attached hydrogens (tertiary/aromatic N) is 2. The van der Waals surface area contributed by atoms with Crippen molar-refractivity contribution in [3.8, 4) is 0 Å². The van der Waals surface area contributed by atoms with Crippen LogP contribution in [0.15, 0.2) is 27.8 Å². The molecule has 2 heterocycles. The Morgan fingerprint density at radius 2 is 1.95 bits per heavy atom. The zero-order chi connectivity index (χ0) is 14.7. The van der Waals surface area contributed by atoms with Crippen molar-refractivity contribution in [2.24, 2.45) is 0 Å². The molecule has 0 radical (unpaired) electrons. The van der Waals surface area contributed by atoms with E-state index in [1.54, 1.807) is 6.07 Å². The predicted octanol–water partition coefficient (Wildman–Crippen LogP) is 4.56. The fourth-order valence-corrected chi connectivity index (χ4v) is 3.32. The third-order valence-corrected chi connectivity index (χ3v) is 5.09. The molecule has 1 aliphatic rings. The summed E-state index contributed by atoms with van der Waals surface area (Å²) in [6.45, 7) is 2.03. The molecule has 3 rings (SSSR count). The molecule has 1 aromatic carbocycles. The summed E-state index contributed by atoms with van der Waals surface area (Å²) in [6, 6.07) is 5.61. The molecule has 22 heavy (non-hydrogen) atoms. The predicted molar refractivity (Wildman–Crippen MR) is 92.4 cm³/mol. The molecule has 0 saturated carbocycles. The summed E-state index contributed by atoms with van der Waals surface area (Å²) in [6.07, 6.45) is 2.11. The summed E-state index contributed by atoms with van der Waals surface area (Å²) in [5, 5.41) is 13.4. The quantitative estimate of drug-likeness (QED) is 0.788. The Morgan fingerprint density at radius 1 is 1.18 bits per heavy atom. The zero-order valence-corrected chi connectivity index (χ0v) is 14.9. The lowest BCUT2D eigenvalue weighted by Crippen LogP contribution is -2.26. The Balaban J connectivity index is 0.00000176. The highest BCUT2D eigenvalue weighted by atomic mass is 35.5. The first-order chi connectivity index (χ1) is 10.2. The fourth-order valence-electron chi connectivity index (χ4n) is 2.29. The molecule has 1 N–H and O–H groups in total. The number of hydrogen-bond donors (Lipinski definition) is 1. The SMILES string of the molecule is Cl.Clc1ccc(CSc2nnc(C3CCNCC3)o2)cc1Cl. The van der Waals surface area contributed by atoms with E-state index in [4.69, 9.17) is 27.6 Å². The van der Waals surface area contributed by atoms with Crippen LogP contribution in [0.3, 0.4) is 0 Å². The first-order valence-electron chi connectivity index (χ1n) is 6.83. The number of rotatable bonds is 4. The van der Waals surface area contributed by atoms with E-state index >= 15 is 0 Å². The first kappa shape index (κ1) is 17.9. The number of aromatic nitrogens is 2. The molecule has 0 atom stereocenters. The Hall–Kier alpha value is -0.460. The Morgan fingerprint density at radius 3 is 2.68 bits per heavy atom. The van der Waals surface area contributed by atoms with Crippen LogP contribution in [-0.2, 0) is 5.75 Å². The van der Waals surface area contributed by atoms with Crippen molar-refractivity contribution < 1.29 is 4.42 Å². The van der Waals surface area contributed by atoms with Crippen LogP contribution in [0.25, 0.3) is 0 Å². The van der Waals surface area contributed by atoms with E-state index in [0.717, 1.165) is 43.1 Å². The molecule has 2 aromatic rings. The molecule has 120 valence electrons. The van der Waals surface area contributed by atoms with Gasteiger partial charge in [0.05, 0.1) is 10.0 Å². The summed E-state index contributed by atoms with van der Waals surface area (Å²) in [4.78, 5) is 0. The highest BCUT2D eigenvalue weighted by molar-refractivity contribution is 7.98. The summed E-state index contributed by atoms with van der Waals surface area (Å²) in [5.74, 6) is 1.87. The molecule has 1 aromatic heterocycles. The molecule has 0 amide bonds. The second-order valence-corrected chi connectivity index (χ2v) is 6.71. The summed E-state index contributed by atoms with van der Waals surface area (Å²) in [5.41, 5.74) is 1.08. The molecular weight excluding hydrogens is 365 g/mol. The monoisotopic (exact) mass is 379 g/mol. The maximum absolute atomic E-state index is 6.00. The van der Waals surface area contributed by atoms with E-state index in [0.29, 0.717) is 21.2 Å². The van der Waals surface area contributed by atoms with Crippen LogP contribution < -0.4 is 5.32 Å².